The summed E-state index contributed by atoms with van der Waals surface area (Å²) in [6, 6.07) is 39.7. The van der Waals surface area contributed by atoms with Crippen LogP contribution in [0.1, 0.15) is 52.7 Å². The molecule has 0 fully saturated rings. The van der Waals surface area contributed by atoms with Crippen LogP contribution in [0.15, 0.2) is 108 Å². The maximum Gasteiger partial charge on any atom is 0.333 e. The average Bonchev–Trinajstić information content (AvgIpc) is 3.64. The molecule has 0 N–H and O–H groups in total. The number of hydrogen-bond acceptors (Lipinski definition) is 2. The Morgan fingerprint density at radius 1 is 0.608 bits per heavy atom. The van der Waals surface area contributed by atoms with Crippen molar-refractivity contribution >= 4 is 97.0 Å². The molecular weight excluding hydrogens is 635 g/mol. The van der Waals surface area contributed by atoms with Crippen LogP contribution in [0.4, 0.5) is 17.1 Å². The summed E-state index contributed by atoms with van der Waals surface area (Å²) >= 11 is 0. The lowest BCUT2D eigenvalue weighted by Gasteiger charge is -2.47. The molecule has 5 heterocycles. The number of aromatic nitrogens is 1. The molecule has 3 aliphatic heterocycles. The van der Waals surface area contributed by atoms with Gasteiger partial charge in [0, 0.05) is 44.1 Å². The highest BCUT2D eigenvalue weighted by atomic mass is 28.3. The third-order valence-electron chi connectivity index (χ3n) is 12.4. The predicted molar refractivity (Wildman–Crippen MR) is 221 cm³/mol. The zero-order chi connectivity index (χ0) is 34.9. The molecule has 0 spiro atoms. The maximum absolute atomic E-state index is 6.85. The number of rotatable bonds is 0. The largest absolute Gasteiger partial charge is 0.456 e. The van der Waals surface area contributed by atoms with Crippen molar-refractivity contribution in [2.45, 2.75) is 65.5 Å². The molecule has 0 bridgehead atoms. The van der Waals surface area contributed by atoms with Crippen LogP contribution < -0.4 is 26.2 Å². The minimum absolute atomic E-state index is 0.0165. The quantitative estimate of drug-likeness (QED) is 0.149. The van der Waals surface area contributed by atoms with Crippen LogP contribution >= 0.6 is 0 Å². The van der Waals surface area contributed by atoms with Gasteiger partial charge in [-0.3, -0.25) is 0 Å². The van der Waals surface area contributed by atoms with Gasteiger partial charge in [-0.15, -0.1) is 0 Å². The Hall–Kier alpha value is -5.00. The highest BCUT2D eigenvalue weighted by molar-refractivity contribution is 7.04. The molecule has 3 aliphatic rings. The Labute approximate surface area is 300 Å². The lowest BCUT2D eigenvalue weighted by atomic mass is 9.45. The van der Waals surface area contributed by atoms with Crippen LogP contribution in [0.2, 0.25) is 13.1 Å². The SMILES string of the molecule is CC(C)(C)c1ccc2c(c1)c1cc(C(C)(C)C)cc3c1n2B1c2cccc4c2N(c2ccccc2[Si]4(C)C)c2c1c-3cc1oc3ccccc3c21. The number of benzene rings is 6. The first kappa shape index (κ1) is 29.7. The molecule has 11 rings (SSSR count). The Morgan fingerprint density at radius 3 is 2.14 bits per heavy atom. The molecule has 51 heavy (non-hydrogen) atoms. The van der Waals surface area contributed by atoms with Crippen molar-refractivity contribution in [2.75, 3.05) is 4.90 Å². The van der Waals surface area contributed by atoms with Crippen molar-refractivity contribution in [3.63, 3.8) is 0 Å². The van der Waals surface area contributed by atoms with Crippen molar-refractivity contribution < 1.29 is 4.42 Å². The van der Waals surface area contributed by atoms with Crippen LogP contribution in [0, 0.1) is 0 Å². The maximum atomic E-state index is 6.85. The van der Waals surface area contributed by atoms with Crippen molar-refractivity contribution in [1.29, 1.82) is 0 Å². The highest BCUT2D eigenvalue weighted by Crippen LogP contribution is 2.51. The van der Waals surface area contributed by atoms with E-state index in [-0.39, 0.29) is 17.7 Å². The Kier molecular flexibility index (Phi) is 5.39. The second-order valence-corrected chi connectivity index (χ2v) is 22.1. The minimum atomic E-state index is -2.05. The van der Waals surface area contributed by atoms with Crippen molar-refractivity contribution in [3.8, 4) is 11.1 Å². The number of para-hydroxylation sites is 3. The molecule has 0 saturated heterocycles. The Morgan fingerprint density at radius 2 is 1.33 bits per heavy atom. The molecule has 3 nitrogen and oxygen atoms in total. The molecule has 0 amide bonds. The molecule has 6 aromatic carbocycles. The van der Waals surface area contributed by atoms with Crippen LogP contribution in [-0.2, 0) is 10.8 Å². The lowest BCUT2D eigenvalue weighted by molar-refractivity contribution is 0.590. The topological polar surface area (TPSA) is 21.3 Å². The first-order chi connectivity index (χ1) is 24.3. The van der Waals surface area contributed by atoms with Gasteiger partial charge in [0.05, 0.1) is 11.1 Å². The van der Waals surface area contributed by atoms with Gasteiger partial charge in [-0.1, -0.05) is 115 Å². The molecule has 8 aromatic rings. The zero-order valence-corrected chi connectivity index (χ0v) is 31.7. The van der Waals surface area contributed by atoms with Crippen LogP contribution in [0.5, 0.6) is 0 Å². The van der Waals surface area contributed by atoms with E-state index in [1.807, 2.05) is 0 Å². The first-order valence-corrected chi connectivity index (χ1v) is 21.5. The van der Waals surface area contributed by atoms with Gasteiger partial charge >= 0.3 is 6.85 Å². The molecular formula is C46H41BN2OSi. The second-order valence-electron chi connectivity index (χ2n) is 17.8. The number of anilines is 3. The summed E-state index contributed by atoms with van der Waals surface area (Å²) in [5.41, 5.74) is 16.6. The molecule has 248 valence electrons. The summed E-state index contributed by atoms with van der Waals surface area (Å²) < 4.78 is 9.57. The van der Waals surface area contributed by atoms with Gasteiger partial charge < -0.3 is 13.8 Å². The molecule has 2 aromatic heterocycles. The predicted octanol–water partition coefficient (Wildman–Crippen LogP) is 9.84. The zero-order valence-electron chi connectivity index (χ0n) is 30.7. The van der Waals surface area contributed by atoms with Crippen LogP contribution in [0.25, 0.3) is 54.9 Å². The Balaban J connectivity index is 1.40. The second kappa shape index (κ2) is 9.26. The van der Waals surface area contributed by atoms with Crippen molar-refractivity contribution in [1.82, 2.24) is 4.48 Å². The molecule has 0 unspecified atom stereocenters. The standard InChI is InChI=1S/C46H41BN2OSi/c1-45(2,3)26-20-21-34-29(22-26)31-23-27(46(4,5)6)24-32-30-25-37-40(28-14-9-11-17-36(28)50-37)44-41(30)47(49(34)42(31)32)33-15-13-19-39-43(33)48(44)35-16-10-12-18-38(35)51(39,7)8/h9-25H,1-8H3. The van der Waals surface area contributed by atoms with Gasteiger partial charge in [-0.05, 0) is 91.3 Å². The fourth-order valence-corrected chi connectivity index (χ4v) is 12.8. The van der Waals surface area contributed by atoms with Gasteiger partial charge in [0.15, 0.2) is 0 Å². The number of nitrogens with zero attached hydrogens (tertiary/aromatic N) is 2. The van der Waals surface area contributed by atoms with E-state index in [1.54, 1.807) is 0 Å². The summed E-state index contributed by atoms with van der Waals surface area (Å²) in [6.07, 6.45) is 0. The third-order valence-corrected chi connectivity index (χ3v) is 16.0. The van der Waals surface area contributed by atoms with E-state index in [0.29, 0.717) is 0 Å². The van der Waals surface area contributed by atoms with Gasteiger partial charge in [0.25, 0.3) is 0 Å². The van der Waals surface area contributed by atoms with E-state index < -0.39 is 8.07 Å². The Bertz CT molecular complexity index is 2880. The van der Waals surface area contributed by atoms with E-state index in [4.69, 9.17) is 4.42 Å². The minimum Gasteiger partial charge on any atom is -0.456 e. The van der Waals surface area contributed by atoms with Crippen molar-refractivity contribution in [3.05, 3.63) is 114 Å². The smallest absolute Gasteiger partial charge is 0.333 e. The number of hydrogen-bond donors (Lipinski definition) is 0. The molecule has 0 radical (unpaired) electrons. The fraction of sp³-hybridized carbons (Fsp3) is 0.217. The van der Waals surface area contributed by atoms with E-state index in [1.165, 1.54) is 93.2 Å². The number of fused-ring (bicyclic) bond motifs is 13. The summed E-state index contributed by atoms with van der Waals surface area (Å²) in [4.78, 5) is 2.65. The summed E-state index contributed by atoms with van der Waals surface area (Å²) in [5.74, 6) is 0. The van der Waals surface area contributed by atoms with Gasteiger partial charge in [0.2, 0.25) is 0 Å². The van der Waals surface area contributed by atoms with Gasteiger partial charge in [-0.25, -0.2) is 0 Å². The third kappa shape index (κ3) is 3.60. The summed E-state index contributed by atoms with van der Waals surface area (Å²) in [5, 5.41) is 8.08. The van der Waals surface area contributed by atoms with Gasteiger partial charge in [0.1, 0.15) is 19.2 Å². The molecule has 0 atom stereocenters. The molecule has 5 heteroatoms. The van der Waals surface area contributed by atoms with Crippen molar-refractivity contribution in [2.24, 2.45) is 0 Å². The summed E-state index contributed by atoms with van der Waals surface area (Å²) in [7, 11) is -2.05. The van der Waals surface area contributed by atoms with E-state index in [2.05, 4.69) is 167 Å². The first-order valence-electron chi connectivity index (χ1n) is 18.5. The van der Waals surface area contributed by atoms with Crippen LogP contribution in [0.3, 0.4) is 0 Å². The average molecular weight is 677 g/mol. The normalized spacial score (nSPS) is 15.5. The van der Waals surface area contributed by atoms with E-state index in [9.17, 15) is 0 Å². The molecule has 0 saturated carbocycles. The summed E-state index contributed by atoms with van der Waals surface area (Å²) in [6.45, 7) is 19.1. The highest BCUT2D eigenvalue weighted by Gasteiger charge is 2.49. The monoisotopic (exact) mass is 676 g/mol. The van der Waals surface area contributed by atoms with Crippen LogP contribution in [-0.4, -0.2) is 19.4 Å². The lowest BCUT2D eigenvalue weighted by Crippen LogP contribution is -2.65. The molecule has 0 aliphatic carbocycles. The number of furan rings is 1. The van der Waals surface area contributed by atoms with E-state index >= 15 is 0 Å². The van der Waals surface area contributed by atoms with Gasteiger partial charge in [-0.2, -0.15) is 0 Å². The fourth-order valence-electron chi connectivity index (χ4n) is 9.82. The van der Waals surface area contributed by atoms with E-state index in [0.717, 1.165) is 11.2 Å².